The Morgan fingerprint density at radius 1 is 1.03 bits per heavy atom. The van der Waals surface area contributed by atoms with Crippen molar-refractivity contribution in [3.8, 4) is 17.2 Å². The second-order valence-electron chi connectivity index (χ2n) is 9.65. The average molecular weight is 457 g/mol. The summed E-state index contributed by atoms with van der Waals surface area (Å²) in [5.74, 6) is -0.262. The Balaban J connectivity index is 1.54. The predicted molar refractivity (Wildman–Crippen MR) is 130 cm³/mol. The molecule has 174 valence electrons. The number of carbonyl (C=O) groups is 1. The highest BCUT2D eigenvalue weighted by Crippen LogP contribution is 2.44. The summed E-state index contributed by atoms with van der Waals surface area (Å²) < 4.78 is 19.4. The summed E-state index contributed by atoms with van der Waals surface area (Å²) in [5, 5.41) is 9.64. The minimum absolute atomic E-state index is 0.174. The van der Waals surface area contributed by atoms with Crippen molar-refractivity contribution < 1.29 is 13.9 Å². The van der Waals surface area contributed by atoms with Crippen molar-refractivity contribution in [2.24, 2.45) is 5.41 Å². The van der Waals surface area contributed by atoms with E-state index in [1.807, 2.05) is 75.4 Å². The number of carbonyl (C=O) groups excluding carboxylic acids is 1. The lowest BCUT2D eigenvalue weighted by Gasteiger charge is -2.45. The van der Waals surface area contributed by atoms with E-state index < -0.39 is 11.0 Å². The fourth-order valence-electron chi connectivity index (χ4n) is 4.72. The normalized spacial score (nSPS) is 19.3. The molecule has 0 bridgehead atoms. The van der Waals surface area contributed by atoms with E-state index >= 15 is 0 Å². The highest BCUT2D eigenvalue weighted by Gasteiger charge is 2.46. The third-order valence-corrected chi connectivity index (χ3v) is 6.64. The fourth-order valence-corrected chi connectivity index (χ4v) is 4.72. The van der Waals surface area contributed by atoms with Gasteiger partial charge in [-0.1, -0.05) is 66.7 Å². The van der Waals surface area contributed by atoms with E-state index in [9.17, 15) is 14.4 Å². The molecule has 0 radical (unpaired) electrons. The molecule has 4 nitrogen and oxygen atoms in total. The second kappa shape index (κ2) is 9.30. The van der Waals surface area contributed by atoms with Crippen LogP contribution in [0.15, 0.2) is 78.9 Å². The van der Waals surface area contributed by atoms with E-state index in [2.05, 4.69) is 6.07 Å². The van der Waals surface area contributed by atoms with Gasteiger partial charge >= 0.3 is 6.09 Å². The van der Waals surface area contributed by atoms with Gasteiger partial charge in [0.05, 0.1) is 17.5 Å². The van der Waals surface area contributed by atoms with Gasteiger partial charge < -0.3 is 9.64 Å². The third-order valence-electron chi connectivity index (χ3n) is 6.64. The Morgan fingerprint density at radius 3 is 2.18 bits per heavy atom. The Labute approximate surface area is 200 Å². The number of nitrogens with zero attached hydrogens (tertiary/aromatic N) is 2. The van der Waals surface area contributed by atoms with Crippen LogP contribution in [0.25, 0.3) is 11.1 Å². The first kappa shape index (κ1) is 23.5. The first-order valence-electron chi connectivity index (χ1n) is 11.6. The molecule has 5 heteroatoms. The highest BCUT2D eigenvalue weighted by atomic mass is 19.1. The van der Waals surface area contributed by atoms with Crippen molar-refractivity contribution >= 4 is 6.09 Å². The standard InChI is InChI=1S/C29H29FN2O2/c1-21(22-9-11-23(12-10-22)24-13-15-26(30)16-14-24)32-18-17-29(34-27(32)33,19-28(2,3)20-31)25-7-5-4-6-8-25/h4-16,21H,17-19H2,1-3H3. The van der Waals surface area contributed by atoms with Gasteiger partial charge in [0.1, 0.15) is 11.4 Å². The van der Waals surface area contributed by atoms with E-state index in [4.69, 9.17) is 4.74 Å². The summed E-state index contributed by atoms with van der Waals surface area (Å²) in [6.07, 6.45) is 0.658. The number of rotatable bonds is 6. The van der Waals surface area contributed by atoms with E-state index in [1.165, 1.54) is 12.1 Å². The van der Waals surface area contributed by atoms with Gasteiger partial charge in [-0.25, -0.2) is 9.18 Å². The molecule has 34 heavy (non-hydrogen) atoms. The van der Waals surface area contributed by atoms with Crippen molar-refractivity contribution in [2.45, 2.75) is 45.3 Å². The van der Waals surface area contributed by atoms with Crippen LogP contribution in [0.3, 0.4) is 0 Å². The molecule has 3 aromatic rings. The molecule has 2 unspecified atom stereocenters. The van der Waals surface area contributed by atoms with Gasteiger partial charge in [-0.2, -0.15) is 5.26 Å². The Kier molecular flexibility index (Phi) is 6.43. The number of hydrogen-bond donors (Lipinski definition) is 0. The lowest BCUT2D eigenvalue weighted by Crippen LogP contribution is -2.50. The minimum atomic E-state index is -0.833. The number of amides is 1. The Bertz CT molecular complexity index is 1180. The minimum Gasteiger partial charge on any atom is -0.438 e. The number of cyclic esters (lactones) is 1. The highest BCUT2D eigenvalue weighted by molar-refractivity contribution is 5.70. The molecule has 1 heterocycles. The van der Waals surface area contributed by atoms with Gasteiger partial charge in [0, 0.05) is 19.4 Å². The van der Waals surface area contributed by atoms with Crippen LogP contribution >= 0.6 is 0 Å². The molecule has 1 amide bonds. The van der Waals surface area contributed by atoms with Crippen molar-refractivity contribution in [1.29, 1.82) is 5.26 Å². The first-order chi connectivity index (χ1) is 16.2. The van der Waals surface area contributed by atoms with E-state index in [0.29, 0.717) is 19.4 Å². The van der Waals surface area contributed by atoms with Gasteiger partial charge in [0.25, 0.3) is 0 Å². The molecule has 0 N–H and O–H groups in total. The van der Waals surface area contributed by atoms with Crippen LogP contribution in [-0.4, -0.2) is 17.5 Å². The SMILES string of the molecule is CC(c1ccc(-c2ccc(F)cc2)cc1)N1CCC(CC(C)(C)C#N)(c2ccccc2)OC1=O. The number of ether oxygens (including phenoxy) is 1. The van der Waals surface area contributed by atoms with Crippen LogP contribution in [0, 0.1) is 22.6 Å². The molecule has 1 aliphatic rings. The van der Waals surface area contributed by atoms with E-state index in [1.54, 1.807) is 17.0 Å². The van der Waals surface area contributed by atoms with Crippen molar-refractivity contribution in [3.63, 3.8) is 0 Å². The molecule has 1 aliphatic heterocycles. The van der Waals surface area contributed by atoms with Gasteiger partial charge in [0.15, 0.2) is 0 Å². The molecular formula is C29H29FN2O2. The third kappa shape index (κ3) is 4.82. The predicted octanol–water partition coefficient (Wildman–Crippen LogP) is 7.23. The van der Waals surface area contributed by atoms with Crippen molar-refractivity contribution in [1.82, 2.24) is 4.90 Å². The Morgan fingerprint density at radius 2 is 1.62 bits per heavy atom. The smallest absolute Gasteiger partial charge is 0.411 e. The molecule has 0 aliphatic carbocycles. The number of hydrogen-bond acceptors (Lipinski definition) is 3. The molecule has 3 aromatic carbocycles. The zero-order valence-electron chi connectivity index (χ0n) is 19.8. The maximum Gasteiger partial charge on any atom is 0.411 e. The molecule has 4 rings (SSSR count). The van der Waals surface area contributed by atoms with Crippen LogP contribution in [-0.2, 0) is 10.3 Å². The molecule has 2 atom stereocenters. The summed E-state index contributed by atoms with van der Waals surface area (Å²) in [7, 11) is 0. The molecule has 1 saturated heterocycles. The average Bonchev–Trinajstić information content (AvgIpc) is 2.85. The van der Waals surface area contributed by atoms with Crippen LogP contribution in [0.4, 0.5) is 9.18 Å². The zero-order valence-corrected chi connectivity index (χ0v) is 19.8. The largest absolute Gasteiger partial charge is 0.438 e. The quantitative estimate of drug-likeness (QED) is 0.393. The number of halogens is 1. The summed E-state index contributed by atoms with van der Waals surface area (Å²) in [4.78, 5) is 15.0. The van der Waals surface area contributed by atoms with Crippen LogP contribution < -0.4 is 0 Å². The molecule has 0 spiro atoms. The van der Waals surface area contributed by atoms with Gasteiger partial charge in [0.2, 0.25) is 0 Å². The monoisotopic (exact) mass is 456 g/mol. The summed E-state index contributed by atoms with van der Waals surface area (Å²) in [6, 6.07) is 26.3. The van der Waals surface area contributed by atoms with Crippen LogP contribution in [0.2, 0.25) is 0 Å². The van der Waals surface area contributed by atoms with Gasteiger partial charge in [-0.05, 0) is 55.2 Å². The van der Waals surface area contributed by atoms with Gasteiger partial charge in [-0.15, -0.1) is 0 Å². The van der Waals surface area contributed by atoms with Crippen LogP contribution in [0.1, 0.15) is 50.8 Å². The Hall–Kier alpha value is -3.65. The van der Waals surface area contributed by atoms with Crippen molar-refractivity contribution in [2.75, 3.05) is 6.54 Å². The van der Waals surface area contributed by atoms with Crippen LogP contribution in [0.5, 0.6) is 0 Å². The number of nitriles is 1. The number of benzene rings is 3. The lowest BCUT2D eigenvalue weighted by atomic mass is 9.75. The van der Waals surface area contributed by atoms with Gasteiger partial charge in [-0.3, -0.25) is 0 Å². The maximum atomic E-state index is 13.3. The molecular weight excluding hydrogens is 427 g/mol. The second-order valence-corrected chi connectivity index (χ2v) is 9.65. The lowest BCUT2D eigenvalue weighted by molar-refractivity contribution is -0.0770. The van der Waals surface area contributed by atoms with Crippen molar-refractivity contribution in [3.05, 3.63) is 95.8 Å². The summed E-state index contributed by atoms with van der Waals surface area (Å²) >= 11 is 0. The molecule has 1 fully saturated rings. The maximum absolute atomic E-state index is 13.3. The fraction of sp³-hybridized carbons (Fsp3) is 0.310. The van der Waals surface area contributed by atoms with E-state index in [0.717, 1.165) is 22.3 Å². The van der Waals surface area contributed by atoms with E-state index in [-0.39, 0.29) is 18.0 Å². The molecule has 0 saturated carbocycles. The topological polar surface area (TPSA) is 53.3 Å². The first-order valence-corrected chi connectivity index (χ1v) is 11.6. The summed E-state index contributed by atoms with van der Waals surface area (Å²) in [5.41, 5.74) is 2.36. The summed E-state index contributed by atoms with van der Waals surface area (Å²) in [6.45, 7) is 6.27. The zero-order chi connectivity index (χ0) is 24.3. The molecule has 0 aromatic heterocycles.